The van der Waals surface area contributed by atoms with Crippen LogP contribution in [0.5, 0.6) is 0 Å². The summed E-state index contributed by atoms with van der Waals surface area (Å²) in [6, 6.07) is 0. The summed E-state index contributed by atoms with van der Waals surface area (Å²) in [6.07, 6.45) is 4.95. The number of aryl methyl sites for hydroxylation is 1. The van der Waals surface area contributed by atoms with Crippen LogP contribution in [0.25, 0.3) is 0 Å². The van der Waals surface area contributed by atoms with Crippen LogP contribution in [0, 0.1) is 11.3 Å². The average Bonchev–Trinajstić information content (AvgIpc) is 2.75. The molecule has 6 nitrogen and oxygen atoms in total. The monoisotopic (exact) mass is 252 g/mol. The Morgan fingerprint density at radius 3 is 2.61 bits per heavy atom. The largest absolute Gasteiger partial charge is 0.481 e. The molecule has 0 saturated heterocycles. The van der Waals surface area contributed by atoms with Crippen LogP contribution in [-0.2, 0) is 18.3 Å². The van der Waals surface area contributed by atoms with E-state index < -0.39 is 11.4 Å². The molecule has 6 heteroatoms. The maximum Gasteiger partial charge on any atom is 0.310 e. The fraction of sp³-hybridized carbons (Fsp3) is 0.833. The average molecular weight is 252 g/mol. The zero-order valence-electron chi connectivity index (χ0n) is 11.0. The molecule has 18 heavy (non-hydrogen) atoms. The van der Waals surface area contributed by atoms with Gasteiger partial charge in [-0.3, -0.25) is 4.79 Å². The second-order valence-corrected chi connectivity index (χ2v) is 5.31. The Morgan fingerprint density at radius 2 is 2.17 bits per heavy atom. The molecule has 1 N–H and O–H groups in total. The molecular formula is C12H20N4O2. The topological polar surface area (TPSA) is 80.9 Å². The normalized spacial score (nSPS) is 28.2. The zero-order valence-corrected chi connectivity index (χ0v) is 11.0. The molecule has 100 valence electrons. The van der Waals surface area contributed by atoms with Gasteiger partial charge in [-0.2, -0.15) is 4.80 Å². The van der Waals surface area contributed by atoms with Crippen molar-refractivity contribution in [2.45, 2.75) is 45.4 Å². The van der Waals surface area contributed by atoms with Crippen molar-refractivity contribution in [1.29, 1.82) is 0 Å². The van der Waals surface area contributed by atoms with E-state index in [1.165, 1.54) is 4.80 Å². The van der Waals surface area contributed by atoms with Crippen LogP contribution in [0.3, 0.4) is 0 Å². The Bertz CT molecular complexity index is 421. The molecule has 1 aromatic heterocycles. The first-order valence-electron chi connectivity index (χ1n) is 6.52. The molecule has 1 aliphatic carbocycles. The molecule has 0 aromatic carbocycles. The first-order chi connectivity index (χ1) is 8.55. The van der Waals surface area contributed by atoms with E-state index in [0.29, 0.717) is 18.2 Å². The van der Waals surface area contributed by atoms with Crippen molar-refractivity contribution >= 4 is 5.97 Å². The highest BCUT2D eigenvalue weighted by Gasteiger charge is 2.42. The summed E-state index contributed by atoms with van der Waals surface area (Å²) in [4.78, 5) is 13.0. The van der Waals surface area contributed by atoms with Crippen LogP contribution in [0.2, 0.25) is 0 Å². The SMILES string of the molecule is CCC1CCC(Cc2nnn(C)n2)(C(=O)O)CC1. The van der Waals surface area contributed by atoms with Gasteiger partial charge in [0.2, 0.25) is 0 Å². The Kier molecular flexibility index (Phi) is 3.63. The lowest BCUT2D eigenvalue weighted by atomic mass is 9.68. The van der Waals surface area contributed by atoms with Crippen LogP contribution in [0.15, 0.2) is 0 Å². The molecule has 0 unspecified atom stereocenters. The molecule has 1 heterocycles. The van der Waals surface area contributed by atoms with Gasteiger partial charge < -0.3 is 5.11 Å². The third-order valence-corrected chi connectivity index (χ3v) is 4.14. The fourth-order valence-corrected chi connectivity index (χ4v) is 2.80. The second kappa shape index (κ2) is 5.04. The smallest absolute Gasteiger partial charge is 0.310 e. The lowest BCUT2D eigenvalue weighted by Gasteiger charge is -2.35. The van der Waals surface area contributed by atoms with Crippen molar-refractivity contribution in [3.63, 3.8) is 0 Å². The van der Waals surface area contributed by atoms with Crippen molar-refractivity contribution in [2.24, 2.45) is 18.4 Å². The molecular weight excluding hydrogens is 232 g/mol. The standard InChI is InChI=1S/C12H20N4O2/c1-3-9-4-6-12(7-5-9,11(17)18)8-10-13-15-16(2)14-10/h9H,3-8H2,1-2H3,(H,17,18). The predicted octanol–water partition coefficient (Wildman–Crippen LogP) is 1.42. The third-order valence-electron chi connectivity index (χ3n) is 4.14. The van der Waals surface area contributed by atoms with Crippen molar-refractivity contribution < 1.29 is 9.90 Å². The minimum Gasteiger partial charge on any atom is -0.481 e. The second-order valence-electron chi connectivity index (χ2n) is 5.31. The predicted molar refractivity (Wildman–Crippen MR) is 64.8 cm³/mol. The van der Waals surface area contributed by atoms with Gasteiger partial charge in [0.25, 0.3) is 0 Å². The van der Waals surface area contributed by atoms with Gasteiger partial charge >= 0.3 is 5.97 Å². The molecule has 0 aliphatic heterocycles. The fourth-order valence-electron chi connectivity index (χ4n) is 2.80. The van der Waals surface area contributed by atoms with E-state index in [9.17, 15) is 9.90 Å². The number of tetrazole rings is 1. The summed E-state index contributed by atoms with van der Waals surface area (Å²) < 4.78 is 0. The van der Waals surface area contributed by atoms with Crippen LogP contribution < -0.4 is 0 Å². The summed E-state index contributed by atoms with van der Waals surface area (Å²) >= 11 is 0. The molecule has 1 aliphatic rings. The van der Waals surface area contributed by atoms with Gasteiger partial charge in [0.1, 0.15) is 0 Å². The van der Waals surface area contributed by atoms with Crippen molar-refractivity contribution in [3.05, 3.63) is 5.82 Å². The van der Waals surface area contributed by atoms with Gasteiger partial charge in [-0.15, -0.1) is 10.2 Å². The highest BCUT2D eigenvalue weighted by molar-refractivity contribution is 5.75. The first-order valence-corrected chi connectivity index (χ1v) is 6.52. The molecule has 0 bridgehead atoms. The number of aliphatic carboxylic acids is 1. The minimum atomic E-state index is -0.718. The number of carbonyl (C=O) groups is 1. The van der Waals surface area contributed by atoms with E-state index in [-0.39, 0.29) is 0 Å². The number of hydrogen-bond acceptors (Lipinski definition) is 4. The van der Waals surface area contributed by atoms with Gasteiger partial charge in [-0.1, -0.05) is 13.3 Å². The number of hydrogen-bond donors (Lipinski definition) is 1. The lowest BCUT2D eigenvalue weighted by molar-refractivity contribution is -0.151. The lowest BCUT2D eigenvalue weighted by Crippen LogP contribution is -2.37. The summed E-state index contributed by atoms with van der Waals surface area (Å²) in [5.41, 5.74) is -0.686. The number of nitrogens with zero attached hydrogens (tertiary/aromatic N) is 4. The summed E-state index contributed by atoms with van der Waals surface area (Å²) in [5, 5.41) is 21.3. The third kappa shape index (κ3) is 2.52. The number of carboxylic acids is 1. The van der Waals surface area contributed by atoms with Crippen molar-refractivity contribution in [2.75, 3.05) is 0 Å². The Morgan fingerprint density at radius 1 is 1.50 bits per heavy atom. The van der Waals surface area contributed by atoms with E-state index in [1.807, 2.05) is 0 Å². The quantitative estimate of drug-likeness (QED) is 0.876. The van der Waals surface area contributed by atoms with E-state index in [2.05, 4.69) is 22.3 Å². The van der Waals surface area contributed by atoms with Gasteiger partial charge in [0.05, 0.1) is 12.5 Å². The molecule has 1 saturated carbocycles. The minimum absolute atomic E-state index is 0.395. The Labute approximate surface area is 106 Å². The van der Waals surface area contributed by atoms with Crippen LogP contribution in [-0.4, -0.2) is 31.3 Å². The number of rotatable bonds is 4. The van der Waals surface area contributed by atoms with E-state index in [4.69, 9.17) is 0 Å². The molecule has 0 spiro atoms. The van der Waals surface area contributed by atoms with Gasteiger partial charge in [-0.05, 0) is 36.8 Å². The summed E-state index contributed by atoms with van der Waals surface area (Å²) in [6.45, 7) is 2.17. The summed E-state index contributed by atoms with van der Waals surface area (Å²) in [7, 11) is 1.69. The van der Waals surface area contributed by atoms with Gasteiger partial charge in [-0.25, -0.2) is 0 Å². The first kappa shape index (κ1) is 13.0. The van der Waals surface area contributed by atoms with Crippen molar-refractivity contribution in [3.8, 4) is 0 Å². The summed E-state index contributed by atoms with van der Waals surface area (Å²) in [5.74, 6) is 0.492. The molecule has 0 radical (unpaired) electrons. The zero-order chi connectivity index (χ0) is 13.2. The van der Waals surface area contributed by atoms with Crippen LogP contribution >= 0.6 is 0 Å². The Hall–Kier alpha value is -1.46. The van der Waals surface area contributed by atoms with Gasteiger partial charge in [0.15, 0.2) is 5.82 Å². The highest BCUT2D eigenvalue weighted by atomic mass is 16.4. The molecule has 1 fully saturated rings. The number of aromatic nitrogens is 4. The van der Waals surface area contributed by atoms with Crippen LogP contribution in [0.1, 0.15) is 44.9 Å². The van der Waals surface area contributed by atoms with Crippen molar-refractivity contribution in [1.82, 2.24) is 20.2 Å². The molecule has 0 amide bonds. The molecule has 2 rings (SSSR count). The highest BCUT2D eigenvalue weighted by Crippen LogP contribution is 2.42. The van der Waals surface area contributed by atoms with Gasteiger partial charge in [0, 0.05) is 6.42 Å². The maximum atomic E-state index is 11.6. The van der Waals surface area contributed by atoms with E-state index >= 15 is 0 Å². The van der Waals surface area contributed by atoms with E-state index in [1.54, 1.807) is 7.05 Å². The van der Waals surface area contributed by atoms with Crippen LogP contribution in [0.4, 0.5) is 0 Å². The number of carboxylic acid groups (broad SMARTS) is 1. The Balaban J connectivity index is 2.11. The molecule has 0 atom stereocenters. The maximum absolute atomic E-state index is 11.6. The molecule has 1 aromatic rings. The van der Waals surface area contributed by atoms with E-state index in [0.717, 1.165) is 32.1 Å².